The molecule has 2 rings (SSSR count). The number of aliphatic hydroxyl groups excluding tert-OH is 3. The Kier molecular flexibility index (Phi) is 19.3. The van der Waals surface area contributed by atoms with Gasteiger partial charge in [0, 0.05) is 44.2 Å². The average molecular weight is 674 g/mol. The number of hydrogen-bond acceptors (Lipinski definition) is 9. The molecule has 0 aromatic rings. The maximum atomic E-state index is 12.3. The van der Waals surface area contributed by atoms with E-state index in [0.717, 1.165) is 68.4 Å². The summed E-state index contributed by atoms with van der Waals surface area (Å²) in [5, 5.41) is 54.8. The minimum Gasteiger partial charge on any atom is -0.396 e. The standard InChI is InChI=1S/C39H67N3O6/c1-29(10-7-12-30(2)26-42-33(17-22-40-4)18-25-48-6)11-8-13-32(28-45)35-16-20-39(37(35)46)36(14-9-24-43)34(31(3)27-44)15-19-38(39,47)21-23-41-5/h8,11-13,27,33,35-37,40-43,45-47H,1,7,9-10,14-26,28H2,2-6H3. The van der Waals surface area contributed by atoms with Gasteiger partial charge in [0.2, 0.25) is 0 Å². The van der Waals surface area contributed by atoms with Gasteiger partial charge in [0.1, 0.15) is 6.29 Å². The van der Waals surface area contributed by atoms with Crippen LogP contribution in [0.15, 0.2) is 58.7 Å². The lowest BCUT2D eigenvalue weighted by atomic mass is 9.51. The molecule has 2 saturated carbocycles. The van der Waals surface area contributed by atoms with Crippen LogP contribution in [0, 0.1) is 17.3 Å². The molecule has 0 aliphatic heterocycles. The second-order valence-corrected chi connectivity index (χ2v) is 14.0. The van der Waals surface area contributed by atoms with Crippen molar-refractivity contribution in [2.75, 3.05) is 60.7 Å². The van der Waals surface area contributed by atoms with Crippen molar-refractivity contribution in [1.29, 1.82) is 0 Å². The highest BCUT2D eigenvalue weighted by atomic mass is 16.5. The van der Waals surface area contributed by atoms with Crippen molar-refractivity contribution in [3.63, 3.8) is 0 Å². The van der Waals surface area contributed by atoms with E-state index in [-0.39, 0.29) is 25.0 Å². The van der Waals surface area contributed by atoms with Crippen LogP contribution >= 0.6 is 0 Å². The molecule has 9 nitrogen and oxygen atoms in total. The largest absolute Gasteiger partial charge is 0.396 e. The number of nitrogens with one attached hydrogen (secondary N) is 3. The zero-order chi connectivity index (χ0) is 35.6. The average Bonchev–Trinajstić information content (AvgIpc) is 3.43. The highest BCUT2D eigenvalue weighted by molar-refractivity contribution is 5.74. The van der Waals surface area contributed by atoms with E-state index in [2.05, 4.69) is 35.5 Å². The number of aldehydes is 1. The van der Waals surface area contributed by atoms with E-state index in [0.29, 0.717) is 63.1 Å². The maximum absolute atomic E-state index is 12.3. The molecule has 2 aliphatic rings. The summed E-state index contributed by atoms with van der Waals surface area (Å²) in [6, 6.07) is 0.407. The smallest absolute Gasteiger partial charge is 0.145 e. The SMILES string of the molecule is C=C(C=CC=C(CO)C1CCC2(C(CCCO)C(=C(C)C=O)CCC2(O)CCNC)C1O)CCC=C(C)CNC(CCNC)CCOC. The molecule has 0 aromatic heterocycles. The molecule has 7 N–H and O–H groups in total. The van der Waals surface area contributed by atoms with Gasteiger partial charge >= 0.3 is 0 Å². The minimum atomic E-state index is -1.15. The number of allylic oxidation sites excluding steroid dienone is 7. The predicted octanol–water partition coefficient (Wildman–Crippen LogP) is 4.14. The summed E-state index contributed by atoms with van der Waals surface area (Å²) in [7, 11) is 5.56. The van der Waals surface area contributed by atoms with Gasteiger partial charge in [0.05, 0.1) is 18.3 Å². The molecule has 1 spiro atoms. The third-order valence-electron chi connectivity index (χ3n) is 11.0. The van der Waals surface area contributed by atoms with E-state index >= 15 is 0 Å². The first-order valence-corrected chi connectivity index (χ1v) is 18.1. The summed E-state index contributed by atoms with van der Waals surface area (Å²) < 4.78 is 5.26. The van der Waals surface area contributed by atoms with Gasteiger partial charge in [0.25, 0.3) is 0 Å². The van der Waals surface area contributed by atoms with Gasteiger partial charge in [-0.2, -0.15) is 0 Å². The molecule has 48 heavy (non-hydrogen) atoms. The van der Waals surface area contributed by atoms with E-state index in [4.69, 9.17) is 4.74 Å². The molecule has 0 heterocycles. The normalized spacial score (nSPS) is 28.4. The van der Waals surface area contributed by atoms with E-state index in [1.165, 1.54) is 5.57 Å². The number of methoxy groups -OCH3 is 1. The molecule has 9 heteroatoms. The summed E-state index contributed by atoms with van der Waals surface area (Å²) in [5.41, 5.74) is 2.60. The molecule has 0 bridgehead atoms. The second kappa shape index (κ2) is 22.0. The fraction of sp³-hybridized carbons (Fsp3) is 0.718. The Hall–Kier alpha value is -1.95. The van der Waals surface area contributed by atoms with Crippen LogP contribution in [0.2, 0.25) is 0 Å². The van der Waals surface area contributed by atoms with Crippen LogP contribution in [0.25, 0.3) is 0 Å². The first-order chi connectivity index (χ1) is 23.1. The third kappa shape index (κ3) is 11.3. The topological polar surface area (TPSA) is 143 Å². The molecule has 0 aromatic carbocycles. The zero-order valence-electron chi connectivity index (χ0n) is 30.5. The Labute approximate surface area is 290 Å². The van der Waals surface area contributed by atoms with Crippen molar-refractivity contribution in [2.24, 2.45) is 17.3 Å². The van der Waals surface area contributed by atoms with Crippen LogP contribution in [0.1, 0.15) is 84.5 Å². The van der Waals surface area contributed by atoms with Crippen molar-refractivity contribution in [3.05, 3.63) is 58.7 Å². The number of carbonyl (C=O) groups excluding carboxylic acids is 1. The van der Waals surface area contributed by atoms with E-state index < -0.39 is 17.1 Å². The molecule has 6 unspecified atom stereocenters. The van der Waals surface area contributed by atoms with Gasteiger partial charge in [0.15, 0.2) is 0 Å². The summed E-state index contributed by atoms with van der Waals surface area (Å²) in [6.07, 6.45) is 15.5. The Bertz CT molecular complexity index is 1110. The molecule has 2 aliphatic carbocycles. The lowest BCUT2D eigenvalue weighted by Crippen LogP contribution is -2.61. The van der Waals surface area contributed by atoms with E-state index in [9.17, 15) is 25.2 Å². The van der Waals surface area contributed by atoms with Crippen LogP contribution in [0.5, 0.6) is 0 Å². The molecular formula is C39H67N3O6. The number of ether oxygens (including phenoxy) is 1. The van der Waals surface area contributed by atoms with Crippen molar-refractivity contribution in [3.8, 4) is 0 Å². The number of carbonyl (C=O) groups is 1. The Morgan fingerprint density at radius 1 is 1.15 bits per heavy atom. The monoisotopic (exact) mass is 674 g/mol. The van der Waals surface area contributed by atoms with Crippen molar-refractivity contribution < 1.29 is 30.0 Å². The quantitative estimate of drug-likeness (QED) is 0.0369. The fourth-order valence-corrected chi connectivity index (χ4v) is 8.18. The zero-order valence-corrected chi connectivity index (χ0v) is 30.5. The van der Waals surface area contributed by atoms with Gasteiger partial charge in [-0.15, -0.1) is 0 Å². The van der Waals surface area contributed by atoms with E-state index in [1.807, 2.05) is 39.2 Å². The Morgan fingerprint density at radius 2 is 1.90 bits per heavy atom. The van der Waals surface area contributed by atoms with Crippen molar-refractivity contribution in [2.45, 2.75) is 102 Å². The number of rotatable bonds is 23. The molecule has 0 radical (unpaired) electrons. The van der Waals surface area contributed by atoms with Crippen LogP contribution < -0.4 is 16.0 Å². The van der Waals surface area contributed by atoms with Gasteiger partial charge < -0.3 is 41.1 Å². The maximum Gasteiger partial charge on any atom is 0.145 e. The minimum absolute atomic E-state index is 0.00347. The fourth-order valence-electron chi connectivity index (χ4n) is 8.18. The van der Waals surface area contributed by atoms with Crippen molar-refractivity contribution >= 4 is 6.29 Å². The van der Waals surface area contributed by atoms with Crippen LogP contribution in [-0.2, 0) is 9.53 Å². The lowest BCUT2D eigenvalue weighted by molar-refractivity contribution is -0.180. The predicted molar refractivity (Wildman–Crippen MR) is 196 cm³/mol. The first kappa shape index (κ1) is 42.2. The lowest BCUT2D eigenvalue weighted by Gasteiger charge is -2.57. The van der Waals surface area contributed by atoms with Crippen LogP contribution in [-0.4, -0.2) is 105 Å². The molecule has 0 amide bonds. The van der Waals surface area contributed by atoms with Gasteiger partial charge in [-0.05, 0) is 129 Å². The Balaban J connectivity index is 2.17. The molecule has 0 saturated heterocycles. The second-order valence-electron chi connectivity index (χ2n) is 14.0. The van der Waals surface area contributed by atoms with Crippen LogP contribution in [0.3, 0.4) is 0 Å². The summed E-state index contributed by atoms with van der Waals surface area (Å²) in [5.74, 6) is -0.572. The molecule has 274 valence electrons. The first-order valence-electron chi connectivity index (χ1n) is 18.1. The summed E-state index contributed by atoms with van der Waals surface area (Å²) in [6.45, 7) is 11.1. The van der Waals surface area contributed by atoms with Crippen LogP contribution in [0.4, 0.5) is 0 Å². The summed E-state index contributed by atoms with van der Waals surface area (Å²) in [4.78, 5) is 11.9. The highest BCUT2D eigenvalue weighted by Gasteiger charge is 2.65. The summed E-state index contributed by atoms with van der Waals surface area (Å²) >= 11 is 0. The van der Waals surface area contributed by atoms with E-state index in [1.54, 1.807) is 7.11 Å². The molecular weight excluding hydrogens is 606 g/mol. The van der Waals surface area contributed by atoms with Gasteiger partial charge in [-0.1, -0.05) is 47.6 Å². The Morgan fingerprint density at radius 3 is 2.54 bits per heavy atom. The molecule has 2 fully saturated rings. The number of aliphatic hydroxyl groups is 4. The third-order valence-corrected chi connectivity index (χ3v) is 11.0. The van der Waals surface area contributed by atoms with Gasteiger partial charge in [-0.25, -0.2) is 0 Å². The van der Waals surface area contributed by atoms with Crippen molar-refractivity contribution in [1.82, 2.24) is 16.0 Å². The highest BCUT2D eigenvalue weighted by Crippen LogP contribution is 2.63. The van der Waals surface area contributed by atoms with Gasteiger partial charge in [-0.3, -0.25) is 4.79 Å². The molecule has 6 atom stereocenters. The number of hydrogen-bond donors (Lipinski definition) is 7.